The largest absolute Gasteiger partial charge is 0.312 e. The lowest BCUT2D eigenvalue weighted by molar-refractivity contribution is -0.120. The summed E-state index contributed by atoms with van der Waals surface area (Å²) in [5.74, 6) is -0.741. The fourth-order valence-corrected chi connectivity index (χ4v) is 2.59. The number of benzene rings is 1. The highest BCUT2D eigenvalue weighted by molar-refractivity contribution is 7.89. The van der Waals surface area contributed by atoms with E-state index in [4.69, 9.17) is 16.7 Å². The van der Waals surface area contributed by atoms with Crippen LogP contribution in [0.15, 0.2) is 29.2 Å². The maximum absolute atomic E-state index is 11.7. The zero-order chi connectivity index (χ0) is 14.2. The lowest BCUT2D eigenvalue weighted by Crippen LogP contribution is -2.25. The molecule has 1 fully saturated rings. The van der Waals surface area contributed by atoms with Crippen LogP contribution in [0.25, 0.3) is 0 Å². The second-order valence-corrected chi connectivity index (χ2v) is 6.18. The van der Waals surface area contributed by atoms with Crippen molar-refractivity contribution in [2.75, 3.05) is 11.4 Å². The van der Waals surface area contributed by atoms with Crippen molar-refractivity contribution in [1.29, 1.82) is 0 Å². The van der Waals surface area contributed by atoms with Gasteiger partial charge in [-0.3, -0.25) is 9.59 Å². The number of amides is 1. The molecule has 2 rings (SSSR count). The van der Waals surface area contributed by atoms with E-state index in [0.717, 1.165) is 0 Å². The van der Waals surface area contributed by atoms with E-state index < -0.39 is 21.2 Å². The van der Waals surface area contributed by atoms with E-state index in [1.54, 1.807) is 0 Å². The van der Waals surface area contributed by atoms with Crippen LogP contribution in [0.5, 0.6) is 0 Å². The van der Waals surface area contributed by atoms with Crippen molar-refractivity contribution in [1.82, 2.24) is 0 Å². The maximum atomic E-state index is 11.7. The number of halogens is 1. The van der Waals surface area contributed by atoms with Gasteiger partial charge in [-0.15, -0.1) is 0 Å². The molecule has 2 N–H and O–H groups in total. The Kier molecular flexibility index (Phi) is 3.62. The third-order valence-corrected chi connectivity index (χ3v) is 4.16. The Balaban J connectivity index is 2.24. The van der Waals surface area contributed by atoms with Crippen molar-refractivity contribution in [2.24, 2.45) is 11.1 Å². The number of rotatable bonds is 3. The van der Waals surface area contributed by atoms with E-state index in [9.17, 15) is 18.0 Å². The van der Waals surface area contributed by atoms with Crippen LogP contribution >= 0.6 is 11.6 Å². The molecule has 1 aromatic rings. The van der Waals surface area contributed by atoms with Gasteiger partial charge in [-0.05, 0) is 35.9 Å². The van der Waals surface area contributed by atoms with Crippen LogP contribution in [0.2, 0.25) is 0 Å². The first kappa shape index (κ1) is 14.0. The first-order chi connectivity index (χ1) is 8.79. The summed E-state index contributed by atoms with van der Waals surface area (Å²) in [5, 5.41) is 4.43. The molecular weight excluding hydrogens is 292 g/mol. The van der Waals surface area contributed by atoms with Gasteiger partial charge in [0.2, 0.25) is 21.2 Å². The minimum atomic E-state index is -3.76. The van der Waals surface area contributed by atoms with E-state index in [2.05, 4.69) is 0 Å². The predicted molar refractivity (Wildman–Crippen MR) is 69.1 cm³/mol. The number of primary sulfonamides is 1. The number of hydrogen-bond donors (Lipinski definition) is 1. The van der Waals surface area contributed by atoms with Crippen LogP contribution in [-0.2, 0) is 19.6 Å². The van der Waals surface area contributed by atoms with Crippen molar-refractivity contribution in [3.63, 3.8) is 0 Å². The summed E-state index contributed by atoms with van der Waals surface area (Å²) in [7, 11) is -3.76. The lowest BCUT2D eigenvalue weighted by Gasteiger charge is -2.16. The summed E-state index contributed by atoms with van der Waals surface area (Å²) in [4.78, 5) is 24.2. The van der Waals surface area contributed by atoms with Gasteiger partial charge < -0.3 is 4.90 Å². The second kappa shape index (κ2) is 4.92. The highest BCUT2D eigenvalue weighted by Crippen LogP contribution is 2.27. The van der Waals surface area contributed by atoms with Gasteiger partial charge in [-0.1, -0.05) is 0 Å². The van der Waals surface area contributed by atoms with Crippen LogP contribution < -0.4 is 10.0 Å². The van der Waals surface area contributed by atoms with E-state index in [1.807, 2.05) is 0 Å². The van der Waals surface area contributed by atoms with Crippen molar-refractivity contribution in [3.05, 3.63) is 24.3 Å². The molecule has 19 heavy (non-hydrogen) atoms. The first-order valence-corrected chi connectivity index (χ1v) is 7.34. The summed E-state index contributed by atoms with van der Waals surface area (Å²) in [6.07, 6.45) is 0.0687. The number of sulfonamides is 1. The molecule has 0 spiro atoms. The lowest BCUT2D eigenvalue weighted by atomic mass is 10.1. The zero-order valence-corrected chi connectivity index (χ0v) is 11.3. The van der Waals surface area contributed by atoms with Gasteiger partial charge in [0.05, 0.1) is 10.8 Å². The van der Waals surface area contributed by atoms with E-state index >= 15 is 0 Å². The van der Waals surface area contributed by atoms with Crippen molar-refractivity contribution in [3.8, 4) is 0 Å². The van der Waals surface area contributed by atoms with Crippen LogP contribution in [0, 0.1) is 5.92 Å². The van der Waals surface area contributed by atoms with E-state index in [1.165, 1.54) is 29.2 Å². The molecule has 1 aliphatic rings. The molecule has 1 saturated heterocycles. The third kappa shape index (κ3) is 2.94. The number of hydrogen-bond acceptors (Lipinski definition) is 4. The quantitative estimate of drug-likeness (QED) is 0.820. The van der Waals surface area contributed by atoms with Gasteiger partial charge in [-0.2, -0.15) is 0 Å². The molecule has 0 bridgehead atoms. The Hall–Kier alpha value is -1.44. The maximum Gasteiger partial charge on any atom is 0.238 e. The summed E-state index contributed by atoms with van der Waals surface area (Å²) in [6.45, 7) is 0.204. The van der Waals surface area contributed by atoms with Gasteiger partial charge >= 0.3 is 0 Å². The minimum absolute atomic E-state index is 0.0344. The van der Waals surface area contributed by atoms with Gasteiger partial charge in [0.15, 0.2) is 0 Å². The fourth-order valence-electron chi connectivity index (χ4n) is 1.92. The highest BCUT2D eigenvalue weighted by atomic mass is 35.5. The van der Waals surface area contributed by atoms with Crippen LogP contribution in [0.3, 0.4) is 0 Å². The normalized spacial score (nSPS) is 19.8. The summed E-state index contributed by atoms with van der Waals surface area (Å²) in [5.41, 5.74) is 0.512. The summed E-state index contributed by atoms with van der Waals surface area (Å²) in [6, 6.07) is 5.57. The Labute approximate surface area is 115 Å². The smallest absolute Gasteiger partial charge is 0.238 e. The third-order valence-electron chi connectivity index (χ3n) is 2.92. The first-order valence-electron chi connectivity index (χ1n) is 5.41. The van der Waals surface area contributed by atoms with Gasteiger partial charge in [0.25, 0.3) is 0 Å². The number of nitrogens with zero attached hydrogens (tertiary/aromatic N) is 1. The molecule has 1 unspecified atom stereocenters. The number of anilines is 1. The van der Waals surface area contributed by atoms with E-state index in [0.29, 0.717) is 5.69 Å². The monoisotopic (exact) mass is 302 g/mol. The zero-order valence-electron chi connectivity index (χ0n) is 9.74. The topological polar surface area (TPSA) is 97.5 Å². The van der Waals surface area contributed by atoms with Crippen LogP contribution in [0.4, 0.5) is 5.69 Å². The van der Waals surface area contributed by atoms with Crippen molar-refractivity contribution >= 4 is 38.5 Å². The average molecular weight is 303 g/mol. The molecule has 6 nitrogen and oxygen atoms in total. The van der Waals surface area contributed by atoms with Crippen molar-refractivity contribution in [2.45, 2.75) is 11.3 Å². The average Bonchev–Trinajstić information content (AvgIpc) is 2.70. The number of carbonyl (C=O) groups is 2. The molecule has 0 aromatic heterocycles. The van der Waals surface area contributed by atoms with Gasteiger partial charge in [0, 0.05) is 18.7 Å². The fraction of sp³-hybridized carbons (Fsp3) is 0.273. The van der Waals surface area contributed by atoms with Gasteiger partial charge in [-0.25, -0.2) is 13.6 Å². The molecule has 0 saturated carbocycles. The van der Waals surface area contributed by atoms with Crippen molar-refractivity contribution < 1.29 is 18.0 Å². The molecule has 1 heterocycles. The molecule has 1 aliphatic heterocycles. The summed E-state index contributed by atoms with van der Waals surface area (Å²) < 4.78 is 22.2. The van der Waals surface area contributed by atoms with Crippen LogP contribution in [0.1, 0.15) is 6.42 Å². The standard InChI is InChI=1S/C11H11ClN2O4S/c12-11(16)7-5-10(15)14(6-7)8-1-3-9(4-2-8)19(13,17)18/h1-4,7H,5-6H2,(H2,13,17,18). The Morgan fingerprint density at radius 3 is 2.32 bits per heavy atom. The minimum Gasteiger partial charge on any atom is -0.312 e. The molecular formula is C11H11ClN2O4S. The molecule has 0 radical (unpaired) electrons. The molecule has 1 atom stereocenters. The highest BCUT2D eigenvalue weighted by Gasteiger charge is 2.34. The Morgan fingerprint density at radius 2 is 1.89 bits per heavy atom. The SMILES string of the molecule is NS(=O)(=O)c1ccc(N2CC(C(=O)Cl)CC2=O)cc1. The molecule has 1 amide bonds. The second-order valence-electron chi connectivity index (χ2n) is 4.25. The molecule has 0 aliphatic carbocycles. The Bertz CT molecular complexity index is 627. The van der Waals surface area contributed by atoms with E-state index in [-0.39, 0.29) is 23.8 Å². The molecule has 102 valence electrons. The number of nitrogens with two attached hydrogens (primary N) is 1. The molecule has 8 heteroatoms. The summed E-state index contributed by atoms with van der Waals surface area (Å²) >= 11 is 5.37. The van der Waals surface area contributed by atoms with Crippen LogP contribution in [-0.4, -0.2) is 26.1 Å². The number of carbonyl (C=O) groups excluding carboxylic acids is 2. The van der Waals surface area contributed by atoms with Gasteiger partial charge in [0.1, 0.15) is 0 Å². The molecule has 1 aromatic carbocycles. The predicted octanol–water partition coefficient (Wildman–Crippen LogP) is 0.452. The Morgan fingerprint density at radius 1 is 1.32 bits per heavy atom.